The average Bonchev–Trinajstić information content (AvgIpc) is 2.68. The van der Waals surface area contributed by atoms with Crippen LogP contribution in [0.15, 0.2) is 18.2 Å². The predicted molar refractivity (Wildman–Crippen MR) is 78.4 cm³/mol. The first-order valence-electron chi connectivity index (χ1n) is 6.11. The molecule has 0 spiro atoms. The van der Waals surface area contributed by atoms with Gasteiger partial charge in [-0.1, -0.05) is 12.1 Å². The minimum absolute atomic E-state index is 0.181. The van der Waals surface area contributed by atoms with Crippen LogP contribution in [0.2, 0.25) is 0 Å². The van der Waals surface area contributed by atoms with Crippen LogP contribution in [0.4, 0.5) is 0 Å². The van der Waals surface area contributed by atoms with Crippen LogP contribution < -0.4 is 0 Å². The van der Waals surface area contributed by atoms with Gasteiger partial charge in [0.05, 0.1) is 22.7 Å². The number of imidazole rings is 1. The standard InChI is InChI=1S/C13H17ClN2O2S/c1-10-5-3-6-11-13(10)15-12(9-14)16(11)7-4-8-19(2,17)18/h3,5-6H,4,7-9H2,1-2H3. The maximum atomic E-state index is 11.2. The van der Waals surface area contributed by atoms with Gasteiger partial charge in [-0.25, -0.2) is 13.4 Å². The average molecular weight is 301 g/mol. The number of alkyl halides is 1. The Kier molecular flexibility index (Phi) is 4.16. The summed E-state index contributed by atoms with van der Waals surface area (Å²) >= 11 is 5.92. The lowest BCUT2D eigenvalue weighted by Gasteiger charge is -2.07. The quantitative estimate of drug-likeness (QED) is 0.797. The third-order valence-corrected chi connectivity index (χ3v) is 4.35. The molecule has 0 N–H and O–H groups in total. The number of sulfone groups is 1. The molecule has 0 aliphatic rings. The first-order valence-corrected chi connectivity index (χ1v) is 8.70. The number of aryl methyl sites for hydroxylation is 2. The maximum Gasteiger partial charge on any atom is 0.147 e. The fourth-order valence-corrected chi connectivity index (χ4v) is 3.03. The van der Waals surface area contributed by atoms with Crippen molar-refractivity contribution >= 4 is 32.5 Å². The number of para-hydroxylation sites is 1. The molecule has 0 bridgehead atoms. The molecule has 19 heavy (non-hydrogen) atoms. The number of hydrogen-bond acceptors (Lipinski definition) is 3. The Bertz CT molecular complexity index is 692. The zero-order valence-corrected chi connectivity index (χ0v) is 12.6. The second-order valence-electron chi connectivity index (χ2n) is 4.74. The molecule has 0 unspecified atom stereocenters. The Morgan fingerprint density at radius 3 is 2.74 bits per heavy atom. The fourth-order valence-electron chi connectivity index (χ4n) is 2.17. The number of fused-ring (bicyclic) bond motifs is 1. The van der Waals surface area contributed by atoms with Gasteiger partial charge in [0, 0.05) is 12.8 Å². The van der Waals surface area contributed by atoms with Gasteiger partial charge in [0.25, 0.3) is 0 Å². The zero-order chi connectivity index (χ0) is 14.0. The van der Waals surface area contributed by atoms with Crippen molar-refractivity contribution in [3.8, 4) is 0 Å². The Hall–Kier alpha value is -1.07. The molecule has 1 heterocycles. The van der Waals surface area contributed by atoms with Gasteiger partial charge in [-0.15, -0.1) is 11.6 Å². The number of aromatic nitrogens is 2. The van der Waals surface area contributed by atoms with Gasteiger partial charge in [-0.05, 0) is 25.0 Å². The number of halogens is 1. The summed E-state index contributed by atoms with van der Waals surface area (Å²) < 4.78 is 24.4. The van der Waals surface area contributed by atoms with Crippen molar-refractivity contribution in [2.75, 3.05) is 12.0 Å². The SMILES string of the molecule is Cc1cccc2c1nc(CCl)n2CCCS(C)(=O)=O. The predicted octanol–water partition coefficient (Wildman–Crippen LogP) is 2.52. The zero-order valence-electron chi connectivity index (χ0n) is 11.1. The van der Waals surface area contributed by atoms with E-state index in [0.717, 1.165) is 22.4 Å². The maximum absolute atomic E-state index is 11.2. The highest BCUT2D eigenvalue weighted by Crippen LogP contribution is 2.21. The van der Waals surface area contributed by atoms with Crippen LogP contribution in [-0.2, 0) is 22.3 Å². The molecule has 0 radical (unpaired) electrons. The lowest BCUT2D eigenvalue weighted by atomic mass is 10.2. The third kappa shape index (κ3) is 3.28. The number of hydrogen-bond donors (Lipinski definition) is 0. The first kappa shape index (κ1) is 14.3. The van der Waals surface area contributed by atoms with E-state index in [9.17, 15) is 8.42 Å². The summed E-state index contributed by atoms with van der Waals surface area (Å²) in [7, 11) is -2.93. The molecule has 0 fully saturated rings. The second kappa shape index (κ2) is 5.51. The molecule has 1 aromatic heterocycles. The topological polar surface area (TPSA) is 52.0 Å². The Labute approximate surface area is 118 Å². The van der Waals surface area contributed by atoms with E-state index in [1.165, 1.54) is 6.26 Å². The van der Waals surface area contributed by atoms with Crippen LogP contribution in [0.1, 0.15) is 17.8 Å². The summed E-state index contributed by atoms with van der Waals surface area (Å²) in [6.45, 7) is 2.63. The van der Waals surface area contributed by atoms with Crippen molar-refractivity contribution < 1.29 is 8.42 Å². The molecule has 4 nitrogen and oxygen atoms in total. The van der Waals surface area contributed by atoms with Crippen molar-refractivity contribution in [2.24, 2.45) is 0 Å². The molecule has 0 atom stereocenters. The van der Waals surface area contributed by atoms with E-state index in [1.54, 1.807) is 0 Å². The molecule has 0 amide bonds. The van der Waals surface area contributed by atoms with Crippen LogP contribution in [0.25, 0.3) is 11.0 Å². The molecular weight excluding hydrogens is 284 g/mol. The molecular formula is C13H17ClN2O2S. The van der Waals surface area contributed by atoms with Crippen LogP contribution in [0, 0.1) is 6.92 Å². The summed E-state index contributed by atoms with van der Waals surface area (Å²) in [5.74, 6) is 1.30. The van der Waals surface area contributed by atoms with E-state index < -0.39 is 9.84 Å². The highest BCUT2D eigenvalue weighted by atomic mass is 35.5. The van der Waals surface area contributed by atoms with Gasteiger partial charge in [0.1, 0.15) is 15.7 Å². The second-order valence-corrected chi connectivity index (χ2v) is 7.27. The minimum Gasteiger partial charge on any atom is -0.327 e. The minimum atomic E-state index is -2.93. The smallest absolute Gasteiger partial charge is 0.147 e. The molecule has 104 valence electrons. The summed E-state index contributed by atoms with van der Waals surface area (Å²) in [6, 6.07) is 5.98. The highest BCUT2D eigenvalue weighted by molar-refractivity contribution is 7.90. The van der Waals surface area contributed by atoms with Gasteiger partial charge in [0.2, 0.25) is 0 Å². The van der Waals surface area contributed by atoms with Gasteiger partial charge in [-0.2, -0.15) is 0 Å². The summed E-state index contributed by atoms with van der Waals surface area (Å²) in [4.78, 5) is 4.53. The van der Waals surface area contributed by atoms with E-state index in [0.29, 0.717) is 18.8 Å². The highest BCUT2D eigenvalue weighted by Gasteiger charge is 2.12. The molecule has 0 saturated carbocycles. The molecule has 2 rings (SSSR count). The van der Waals surface area contributed by atoms with Gasteiger partial charge in [0.15, 0.2) is 0 Å². The number of benzene rings is 1. The normalized spacial score (nSPS) is 12.2. The molecule has 0 saturated heterocycles. The first-order chi connectivity index (χ1) is 8.92. The lowest BCUT2D eigenvalue weighted by molar-refractivity contribution is 0.591. The number of rotatable bonds is 5. The molecule has 0 aliphatic carbocycles. The van der Waals surface area contributed by atoms with Crippen molar-refractivity contribution in [1.29, 1.82) is 0 Å². The van der Waals surface area contributed by atoms with E-state index >= 15 is 0 Å². The molecule has 1 aromatic carbocycles. The van der Waals surface area contributed by atoms with E-state index in [1.807, 2.05) is 29.7 Å². The monoisotopic (exact) mass is 300 g/mol. The van der Waals surface area contributed by atoms with Gasteiger partial charge in [-0.3, -0.25) is 0 Å². The van der Waals surface area contributed by atoms with Crippen LogP contribution in [0.5, 0.6) is 0 Å². The summed E-state index contributed by atoms with van der Waals surface area (Å²) in [5, 5.41) is 0. The molecule has 2 aromatic rings. The lowest BCUT2D eigenvalue weighted by Crippen LogP contribution is -2.09. The van der Waals surface area contributed by atoms with Crippen LogP contribution >= 0.6 is 11.6 Å². The van der Waals surface area contributed by atoms with Gasteiger partial charge < -0.3 is 4.57 Å². The van der Waals surface area contributed by atoms with E-state index in [2.05, 4.69) is 4.98 Å². The Morgan fingerprint density at radius 1 is 1.37 bits per heavy atom. The largest absolute Gasteiger partial charge is 0.327 e. The Morgan fingerprint density at radius 2 is 2.11 bits per heavy atom. The van der Waals surface area contributed by atoms with Gasteiger partial charge >= 0.3 is 0 Å². The third-order valence-electron chi connectivity index (χ3n) is 3.08. The van der Waals surface area contributed by atoms with Crippen molar-refractivity contribution in [2.45, 2.75) is 25.8 Å². The van der Waals surface area contributed by atoms with Crippen LogP contribution in [0.3, 0.4) is 0 Å². The Balaban J connectivity index is 2.33. The van der Waals surface area contributed by atoms with E-state index in [4.69, 9.17) is 11.6 Å². The molecule has 0 aliphatic heterocycles. The fraction of sp³-hybridized carbons (Fsp3) is 0.462. The number of nitrogens with zero attached hydrogens (tertiary/aromatic N) is 2. The molecule has 6 heteroatoms. The van der Waals surface area contributed by atoms with Crippen molar-refractivity contribution in [1.82, 2.24) is 9.55 Å². The summed E-state index contributed by atoms with van der Waals surface area (Å²) in [5.41, 5.74) is 3.06. The summed E-state index contributed by atoms with van der Waals surface area (Å²) in [6.07, 6.45) is 1.83. The van der Waals surface area contributed by atoms with E-state index in [-0.39, 0.29) is 5.75 Å². The van der Waals surface area contributed by atoms with Crippen molar-refractivity contribution in [3.05, 3.63) is 29.6 Å². The van der Waals surface area contributed by atoms with Crippen LogP contribution in [-0.4, -0.2) is 30.0 Å². The van der Waals surface area contributed by atoms with Crippen molar-refractivity contribution in [3.63, 3.8) is 0 Å².